The predicted octanol–water partition coefficient (Wildman–Crippen LogP) is 3.36. The van der Waals surface area contributed by atoms with Gasteiger partial charge in [0.25, 0.3) is 0 Å². The maximum Gasteiger partial charge on any atom is 0.191 e. The van der Waals surface area contributed by atoms with Crippen molar-refractivity contribution in [2.24, 2.45) is 10.9 Å². The van der Waals surface area contributed by atoms with E-state index in [-0.39, 0.29) is 24.0 Å². The van der Waals surface area contributed by atoms with E-state index in [1.54, 1.807) is 7.11 Å². The minimum Gasteiger partial charge on any atom is -0.382 e. The van der Waals surface area contributed by atoms with E-state index in [0.29, 0.717) is 25.9 Å². The molecular weight excluding hydrogens is 487 g/mol. The summed E-state index contributed by atoms with van der Waals surface area (Å²) < 4.78 is 10.5. The van der Waals surface area contributed by atoms with Gasteiger partial charge in [0, 0.05) is 25.1 Å². The number of methoxy groups -OCH3 is 1. The number of rotatable bonds is 11. The van der Waals surface area contributed by atoms with Crippen molar-refractivity contribution in [1.82, 2.24) is 15.5 Å². The summed E-state index contributed by atoms with van der Waals surface area (Å²) in [4.78, 5) is 8.89. The largest absolute Gasteiger partial charge is 0.382 e. The molecule has 162 valence electrons. The van der Waals surface area contributed by atoms with Crippen LogP contribution < -0.4 is 10.6 Å². The molecule has 1 aromatic heterocycles. The highest BCUT2D eigenvalue weighted by molar-refractivity contribution is 14.0. The molecule has 1 aliphatic rings. The lowest BCUT2D eigenvalue weighted by molar-refractivity contribution is 0.0733. The van der Waals surface area contributed by atoms with Gasteiger partial charge < -0.3 is 20.1 Å². The van der Waals surface area contributed by atoms with Gasteiger partial charge in [-0.25, -0.2) is 0 Å². The summed E-state index contributed by atoms with van der Waals surface area (Å²) in [6.45, 7) is 11.0. The Balaban J connectivity index is 0.00000392. The number of thiophene rings is 1. The first kappa shape index (κ1) is 25.6. The first-order valence-electron chi connectivity index (χ1n) is 10.1. The molecule has 0 aliphatic carbocycles. The Labute approximate surface area is 191 Å². The molecule has 1 aromatic rings. The van der Waals surface area contributed by atoms with Gasteiger partial charge in [0.2, 0.25) is 0 Å². The van der Waals surface area contributed by atoms with Crippen LogP contribution in [0.5, 0.6) is 0 Å². The lowest BCUT2D eigenvalue weighted by Crippen LogP contribution is -2.41. The molecule has 2 rings (SSSR count). The molecule has 0 radical (unpaired) electrons. The number of hydrogen-bond donors (Lipinski definition) is 2. The standard InChI is InChI=1S/C20H36N4O2S.HI/c1-4-21-20(22-9-12-26-14-13-25-3)23-16-18(19-6-5-15-27-19)24-10-7-17(2)8-11-24;/h5-6,15,17-18H,4,7-14,16H2,1-3H3,(H2,21,22,23);1H. The fraction of sp³-hybridized carbons (Fsp3) is 0.750. The Morgan fingerprint density at radius 3 is 2.71 bits per heavy atom. The summed E-state index contributed by atoms with van der Waals surface area (Å²) in [6, 6.07) is 4.75. The van der Waals surface area contributed by atoms with Gasteiger partial charge in [-0.15, -0.1) is 35.3 Å². The van der Waals surface area contributed by atoms with E-state index >= 15 is 0 Å². The van der Waals surface area contributed by atoms with Crippen LogP contribution in [0.3, 0.4) is 0 Å². The maximum absolute atomic E-state index is 5.52. The molecule has 1 aliphatic heterocycles. The minimum absolute atomic E-state index is 0. The highest BCUT2D eigenvalue weighted by Gasteiger charge is 2.25. The van der Waals surface area contributed by atoms with Crippen LogP contribution in [0.1, 0.15) is 37.6 Å². The van der Waals surface area contributed by atoms with Crippen LogP contribution >= 0.6 is 35.3 Å². The summed E-state index contributed by atoms with van der Waals surface area (Å²) in [7, 11) is 1.69. The second-order valence-electron chi connectivity index (χ2n) is 7.00. The maximum atomic E-state index is 5.52. The highest BCUT2D eigenvalue weighted by atomic mass is 127. The van der Waals surface area contributed by atoms with Crippen LogP contribution in [0.25, 0.3) is 0 Å². The fourth-order valence-corrected chi connectivity index (χ4v) is 4.06. The van der Waals surface area contributed by atoms with Crippen LogP contribution in [-0.2, 0) is 9.47 Å². The van der Waals surface area contributed by atoms with Gasteiger partial charge in [0.15, 0.2) is 5.96 Å². The molecule has 0 bridgehead atoms. The van der Waals surface area contributed by atoms with E-state index in [2.05, 4.69) is 46.9 Å². The van der Waals surface area contributed by atoms with Crippen molar-refractivity contribution in [1.29, 1.82) is 0 Å². The third-order valence-corrected chi connectivity index (χ3v) is 5.84. The Morgan fingerprint density at radius 2 is 2.07 bits per heavy atom. The number of likely N-dealkylation sites (tertiary alicyclic amines) is 1. The van der Waals surface area contributed by atoms with Crippen molar-refractivity contribution in [3.8, 4) is 0 Å². The number of nitrogens with one attached hydrogen (secondary N) is 2. The molecule has 6 nitrogen and oxygen atoms in total. The average Bonchev–Trinajstić information content (AvgIpc) is 3.20. The zero-order valence-corrected chi connectivity index (χ0v) is 20.6. The highest BCUT2D eigenvalue weighted by Crippen LogP contribution is 2.29. The van der Waals surface area contributed by atoms with Crippen molar-refractivity contribution in [2.75, 3.05) is 59.7 Å². The van der Waals surface area contributed by atoms with Crippen molar-refractivity contribution < 1.29 is 9.47 Å². The molecule has 8 heteroatoms. The van der Waals surface area contributed by atoms with Gasteiger partial charge in [0.1, 0.15) is 0 Å². The van der Waals surface area contributed by atoms with Crippen molar-refractivity contribution >= 4 is 41.3 Å². The monoisotopic (exact) mass is 524 g/mol. The summed E-state index contributed by atoms with van der Waals surface area (Å²) in [5.41, 5.74) is 0. The minimum atomic E-state index is 0. The molecule has 0 aromatic carbocycles. The molecule has 1 saturated heterocycles. The number of guanidine groups is 1. The second-order valence-corrected chi connectivity index (χ2v) is 7.98. The number of piperidine rings is 1. The Hall–Kier alpha value is -0.420. The number of aliphatic imine (C=N–C) groups is 1. The molecule has 2 N–H and O–H groups in total. The summed E-state index contributed by atoms with van der Waals surface area (Å²) in [5, 5.41) is 8.87. The molecule has 1 fully saturated rings. The van der Waals surface area contributed by atoms with Gasteiger partial charge in [-0.1, -0.05) is 13.0 Å². The number of halogens is 1. The topological polar surface area (TPSA) is 58.1 Å². The van der Waals surface area contributed by atoms with E-state index in [1.807, 2.05) is 11.3 Å². The summed E-state index contributed by atoms with van der Waals surface area (Å²) >= 11 is 1.84. The van der Waals surface area contributed by atoms with Gasteiger partial charge >= 0.3 is 0 Å². The third-order valence-electron chi connectivity index (χ3n) is 4.87. The molecule has 0 spiro atoms. The first-order valence-corrected chi connectivity index (χ1v) is 11.0. The lowest BCUT2D eigenvalue weighted by Gasteiger charge is -2.35. The Bertz CT molecular complexity index is 522. The third kappa shape index (κ3) is 9.39. The second kappa shape index (κ2) is 15.4. The van der Waals surface area contributed by atoms with E-state index in [4.69, 9.17) is 14.5 Å². The van der Waals surface area contributed by atoms with Crippen LogP contribution in [0.4, 0.5) is 0 Å². The molecule has 2 heterocycles. The summed E-state index contributed by atoms with van der Waals surface area (Å²) in [5.74, 6) is 1.70. The van der Waals surface area contributed by atoms with Crippen LogP contribution in [-0.4, -0.2) is 70.5 Å². The van der Waals surface area contributed by atoms with Gasteiger partial charge in [-0.2, -0.15) is 0 Å². The Kier molecular flexibility index (Phi) is 14.1. The molecule has 1 unspecified atom stereocenters. The van der Waals surface area contributed by atoms with Crippen LogP contribution in [0.2, 0.25) is 0 Å². The number of ether oxygens (including phenoxy) is 2. The van der Waals surface area contributed by atoms with Gasteiger partial charge in [-0.3, -0.25) is 9.89 Å². The molecular formula is C20H37IN4O2S. The smallest absolute Gasteiger partial charge is 0.191 e. The van der Waals surface area contributed by atoms with E-state index in [1.165, 1.54) is 17.7 Å². The quantitative estimate of drug-likeness (QED) is 0.201. The molecule has 28 heavy (non-hydrogen) atoms. The van der Waals surface area contributed by atoms with E-state index in [9.17, 15) is 0 Å². The van der Waals surface area contributed by atoms with Gasteiger partial charge in [0.05, 0.1) is 32.4 Å². The normalized spacial score (nSPS) is 17.2. The van der Waals surface area contributed by atoms with Crippen LogP contribution in [0.15, 0.2) is 22.5 Å². The predicted molar refractivity (Wildman–Crippen MR) is 129 cm³/mol. The zero-order valence-electron chi connectivity index (χ0n) is 17.5. The van der Waals surface area contributed by atoms with E-state index in [0.717, 1.165) is 44.6 Å². The zero-order chi connectivity index (χ0) is 19.3. The fourth-order valence-electron chi connectivity index (χ4n) is 3.21. The average molecular weight is 525 g/mol. The molecule has 1 atom stereocenters. The van der Waals surface area contributed by atoms with Crippen LogP contribution in [0, 0.1) is 5.92 Å². The lowest BCUT2D eigenvalue weighted by atomic mass is 9.97. The first-order chi connectivity index (χ1) is 13.2. The molecule has 0 amide bonds. The van der Waals surface area contributed by atoms with E-state index < -0.39 is 0 Å². The Morgan fingerprint density at radius 1 is 1.29 bits per heavy atom. The van der Waals surface area contributed by atoms with Gasteiger partial charge in [-0.05, 0) is 50.2 Å². The van der Waals surface area contributed by atoms with Crippen molar-refractivity contribution in [3.63, 3.8) is 0 Å². The number of hydrogen-bond acceptors (Lipinski definition) is 5. The number of nitrogens with zero attached hydrogens (tertiary/aromatic N) is 2. The summed E-state index contributed by atoms with van der Waals surface area (Å²) in [6.07, 6.45) is 2.56. The SMILES string of the molecule is CCNC(=NCC(c1cccs1)N1CCC(C)CC1)NCCOCCOC.I. The van der Waals surface area contributed by atoms with Crippen molar-refractivity contribution in [2.45, 2.75) is 32.7 Å². The molecule has 0 saturated carbocycles. The van der Waals surface area contributed by atoms with Crippen molar-refractivity contribution in [3.05, 3.63) is 22.4 Å².